The third-order valence-electron chi connectivity index (χ3n) is 2.65. The lowest BCUT2D eigenvalue weighted by Gasteiger charge is -2.23. The monoisotopic (exact) mass is 241 g/mol. The van der Waals surface area contributed by atoms with E-state index in [0.29, 0.717) is 18.5 Å². The predicted molar refractivity (Wildman–Crippen MR) is 62.9 cm³/mol. The van der Waals surface area contributed by atoms with Crippen molar-refractivity contribution < 1.29 is 4.74 Å². The van der Waals surface area contributed by atoms with Gasteiger partial charge in [0.15, 0.2) is 0 Å². The number of rotatable bonds is 3. The molecule has 4 nitrogen and oxygen atoms in total. The van der Waals surface area contributed by atoms with Gasteiger partial charge >= 0.3 is 0 Å². The molecule has 2 heterocycles. The van der Waals surface area contributed by atoms with Crippen molar-refractivity contribution in [3.63, 3.8) is 0 Å². The first-order valence-electron chi connectivity index (χ1n) is 5.61. The van der Waals surface area contributed by atoms with E-state index in [2.05, 4.69) is 15.3 Å². The molecule has 2 rings (SSSR count). The lowest BCUT2D eigenvalue weighted by atomic mass is 10.1. The van der Waals surface area contributed by atoms with Crippen LogP contribution in [0.1, 0.15) is 25.0 Å². The summed E-state index contributed by atoms with van der Waals surface area (Å²) in [6, 6.07) is 2.23. The summed E-state index contributed by atoms with van der Waals surface area (Å²) >= 11 is 5.75. The molecule has 1 aliphatic heterocycles. The molecule has 0 radical (unpaired) electrons. The van der Waals surface area contributed by atoms with Gasteiger partial charge in [-0.25, -0.2) is 4.98 Å². The van der Waals surface area contributed by atoms with Gasteiger partial charge in [0.2, 0.25) is 11.2 Å². The Bertz CT molecular complexity index is 333. The molecular weight excluding hydrogens is 226 g/mol. The molecule has 16 heavy (non-hydrogen) atoms. The minimum absolute atomic E-state index is 0.242. The maximum absolute atomic E-state index is 5.75. The molecule has 1 aromatic heterocycles. The van der Waals surface area contributed by atoms with Crippen LogP contribution in [0.4, 0.5) is 0 Å². The summed E-state index contributed by atoms with van der Waals surface area (Å²) in [6.45, 7) is 3.60. The second-order valence-electron chi connectivity index (χ2n) is 4.07. The molecule has 0 amide bonds. The third-order valence-corrected chi connectivity index (χ3v) is 2.82. The topological polar surface area (TPSA) is 47.0 Å². The van der Waals surface area contributed by atoms with Gasteiger partial charge in [-0.15, -0.1) is 0 Å². The van der Waals surface area contributed by atoms with Crippen LogP contribution in [0.15, 0.2) is 6.07 Å². The Morgan fingerprint density at radius 1 is 1.50 bits per heavy atom. The van der Waals surface area contributed by atoms with Crippen molar-refractivity contribution in [2.45, 2.75) is 32.2 Å². The SMILES string of the molecule is Cc1cc(OC[C@H]2CCCCN2)nc(Cl)n1. The average Bonchev–Trinajstić information content (AvgIpc) is 2.27. The van der Waals surface area contributed by atoms with Gasteiger partial charge in [-0.2, -0.15) is 4.98 Å². The zero-order valence-corrected chi connectivity index (χ0v) is 10.1. The number of hydrogen-bond acceptors (Lipinski definition) is 4. The lowest BCUT2D eigenvalue weighted by molar-refractivity contribution is 0.231. The largest absolute Gasteiger partial charge is 0.476 e. The first-order valence-corrected chi connectivity index (χ1v) is 5.99. The van der Waals surface area contributed by atoms with Crippen molar-refractivity contribution in [1.29, 1.82) is 0 Å². The first kappa shape index (κ1) is 11.6. The molecule has 0 aliphatic carbocycles. The number of aryl methyl sites for hydroxylation is 1. The molecule has 0 unspecified atom stereocenters. The Kier molecular flexibility index (Phi) is 3.96. The van der Waals surface area contributed by atoms with Crippen molar-refractivity contribution in [2.24, 2.45) is 0 Å². The fourth-order valence-electron chi connectivity index (χ4n) is 1.83. The molecule has 1 aliphatic rings. The minimum atomic E-state index is 0.242. The van der Waals surface area contributed by atoms with E-state index in [1.54, 1.807) is 6.07 Å². The molecule has 5 heteroatoms. The van der Waals surface area contributed by atoms with E-state index >= 15 is 0 Å². The van der Waals surface area contributed by atoms with Crippen molar-refractivity contribution in [3.05, 3.63) is 17.0 Å². The Labute approximate surface area is 100 Å². The van der Waals surface area contributed by atoms with Crippen molar-refractivity contribution >= 4 is 11.6 Å². The van der Waals surface area contributed by atoms with Crippen LogP contribution in [-0.4, -0.2) is 29.2 Å². The van der Waals surface area contributed by atoms with Crippen LogP contribution in [0, 0.1) is 6.92 Å². The van der Waals surface area contributed by atoms with Gasteiger partial charge in [0.1, 0.15) is 6.61 Å². The first-order chi connectivity index (χ1) is 7.74. The number of nitrogens with one attached hydrogen (secondary N) is 1. The molecule has 1 saturated heterocycles. The van der Waals surface area contributed by atoms with Gasteiger partial charge in [-0.3, -0.25) is 0 Å². The zero-order valence-electron chi connectivity index (χ0n) is 9.37. The summed E-state index contributed by atoms with van der Waals surface area (Å²) in [6.07, 6.45) is 3.69. The van der Waals surface area contributed by atoms with E-state index in [4.69, 9.17) is 16.3 Å². The van der Waals surface area contributed by atoms with Gasteiger partial charge in [-0.05, 0) is 37.9 Å². The maximum Gasteiger partial charge on any atom is 0.225 e. The molecule has 0 bridgehead atoms. The summed E-state index contributed by atoms with van der Waals surface area (Å²) < 4.78 is 5.61. The van der Waals surface area contributed by atoms with Crippen LogP contribution in [0.3, 0.4) is 0 Å². The van der Waals surface area contributed by atoms with Gasteiger partial charge in [-0.1, -0.05) is 6.42 Å². The van der Waals surface area contributed by atoms with E-state index in [1.807, 2.05) is 6.92 Å². The summed E-state index contributed by atoms with van der Waals surface area (Å²) in [5.74, 6) is 0.560. The van der Waals surface area contributed by atoms with Crippen LogP contribution in [0.25, 0.3) is 0 Å². The van der Waals surface area contributed by atoms with E-state index in [9.17, 15) is 0 Å². The van der Waals surface area contributed by atoms with E-state index < -0.39 is 0 Å². The highest BCUT2D eigenvalue weighted by Gasteiger charge is 2.13. The van der Waals surface area contributed by atoms with Crippen LogP contribution in [0.5, 0.6) is 5.88 Å². The second-order valence-corrected chi connectivity index (χ2v) is 4.41. The predicted octanol–water partition coefficient (Wildman–Crippen LogP) is 1.96. The Morgan fingerprint density at radius 3 is 3.06 bits per heavy atom. The third kappa shape index (κ3) is 3.32. The molecule has 1 fully saturated rings. The molecule has 0 spiro atoms. The Morgan fingerprint density at radius 2 is 2.38 bits per heavy atom. The average molecular weight is 242 g/mol. The summed E-state index contributed by atoms with van der Waals surface area (Å²) in [7, 11) is 0. The van der Waals surface area contributed by atoms with Crippen LogP contribution < -0.4 is 10.1 Å². The molecular formula is C11H16ClN3O. The van der Waals surface area contributed by atoms with Crippen molar-refractivity contribution in [1.82, 2.24) is 15.3 Å². The lowest BCUT2D eigenvalue weighted by Crippen LogP contribution is -2.38. The number of aromatic nitrogens is 2. The highest BCUT2D eigenvalue weighted by molar-refractivity contribution is 6.28. The summed E-state index contributed by atoms with van der Waals surface area (Å²) in [5, 5.41) is 3.66. The fraction of sp³-hybridized carbons (Fsp3) is 0.636. The molecule has 0 saturated carbocycles. The van der Waals surface area contributed by atoms with E-state index in [0.717, 1.165) is 18.7 Å². The fourth-order valence-corrected chi connectivity index (χ4v) is 2.05. The number of nitrogens with zero attached hydrogens (tertiary/aromatic N) is 2. The van der Waals surface area contributed by atoms with Gasteiger partial charge in [0.05, 0.1) is 0 Å². The maximum atomic E-state index is 5.75. The summed E-state index contributed by atoms with van der Waals surface area (Å²) in [4.78, 5) is 8.01. The smallest absolute Gasteiger partial charge is 0.225 e. The van der Waals surface area contributed by atoms with Gasteiger partial charge in [0.25, 0.3) is 0 Å². The highest BCUT2D eigenvalue weighted by Crippen LogP contribution is 2.14. The van der Waals surface area contributed by atoms with Crippen LogP contribution >= 0.6 is 11.6 Å². The van der Waals surface area contributed by atoms with Crippen molar-refractivity contribution in [2.75, 3.05) is 13.2 Å². The normalized spacial score (nSPS) is 20.8. The Balaban J connectivity index is 1.88. The second kappa shape index (κ2) is 5.46. The van der Waals surface area contributed by atoms with E-state index in [-0.39, 0.29) is 5.28 Å². The van der Waals surface area contributed by atoms with Crippen molar-refractivity contribution in [3.8, 4) is 5.88 Å². The number of halogens is 1. The molecule has 0 aromatic carbocycles. The number of hydrogen-bond donors (Lipinski definition) is 1. The van der Waals surface area contributed by atoms with Gasteiger partial charge in [0, 0.05) is 17.8 Å². The van der Waals surface area contributed by atoms with E-state index in [1.165, 1.54) is 12.8 Å². The van der Waals surface area contributed by atoms with Crippen LogP contribution in [-0.2, 0) is 0 Å². The summed E-state index contributed by atoms with van der Waals surface area (Å²) in [5.41, 5.74) is 0.826. The number of ether oxygens (including phenoxy) is 1. The highest BCUT2D eigenvalue weighted by atomic mass is 35.5. The molecule has 88 valence electrons. The quantitative estimate of drug-likeness (QED) is 0.822. The molecule has 1 N–H and O–H groups in total. The van der Waals surface area contributed by atoms with Gasteiger partial charge < -0.3 is 10.1 Å². The zero-order chi connectivity index (χ0) is 11.4. The standard InChI is InChI=1S/C11H16ClN3O/c1-8-6-10(15-11(12)14-8)16-7-9-4-2-3-5-13-9/h6,9,13H,2-5,7H2,1H3/t9-/m1/s1. The minimum Gasteiger partial charge on any atom is -0.476 e. The molecule has 1 aromatic rings. The molecule has 1 atom stereocenters. The number of piperidine rings is 1. The Hall–Kier alpha value is -0.870. The van der Waals surface area contributed by atoms with Crippen LogP contribution in [0.2, 0.25) is 5.28 Å².